The summed E-state index contributed by atoms with van der Waals surface area (Å²) in [5.41, 5.74) is 3.81. The van der Waals surface area contributed by atoms with Crippen molar-refractivity contribution in [3.8, 4) is 5.69 Å². The zero-order valence-electron chi connectivity index (χ0n) is 15.4. The highest BCUT2D eigenvalue weighted by molar-refractivity contribution is 7.90. The molecule has 0 unspecified atom stereocenters. The summed E-state index contributed by atoms with van der Waals surface area (Å²) < 4.78 is 39.2. The topological polar surface area (TPSA) is 81.1 Å². The molecule has 1 aromatic heterocycles. The van der Waals surface area contributed by atoms with E-state index < -0.39 is 21.6 Å². The maximum atomic E-state index is 13.5. The van der Waals surface area contributed by atoms with Gasteiger partial charge in [-0.15, -0.1) is 0 Å². The Bertz CT molecular complexity index is 1220. The molecule has 0 fully saturated rings. The lowest BCUT2D eigenvalue weighted by Gasteiger charge is -2.14. The number of nitrogens with zero attached hydrogens (tertiary/aromatic N) is 2. The Balaban J connectivity index is 1.83. The minimum absolute atomic E-state index is 0.142. The fourth-order valence-electron chi connectivity index (χ4n) is 3.32. The molecule has 8 heteroatoms. The van der Waals surface area contributed by atoms with Gasteiger partial charge in [0.25, 0.3) is 5.91 Å². The van der Waals surface area contributed by atoms with Gasteiger partial charge in [0.1, 0.15) is 11.6 Å². The van der Waals surface area contributed by atoms with Crippen LogP contribution in [0.5, 0.6) is 0 Å². The Morgan fingerprint density at radius 1 is 1.14 bits per heavy atom. The van der Waals surface area contributed by atoms with Crippen LogP contribution in [0.15, 0.2) is 42.5 Å². The van der Waals surface area contributed by atoms with E-state index in [0.29, 0.717) is 17.1 Å². The average Bonchev–Trinajstić information content (AvgIpc) is 3.10. The number of amides is 1. The van der Waals surface area contributed by atoms with Crippen molar-refractivity contribution in [2.75, 3.05) is 5.32 Å². The van der Waals surface area contributed by atoms with E-state index in [4.69, 9.17) is 0 Å². The lowest BCUT2D eigenvalue weighted by atomic mass is 10.1. The van der Waals surface area contributed by atoms with Gasteiger partial charge in [-0.3, -0.25) is 4.79 Å². The minimum atomic E-state index is -3.30. The third kappa shape index (κ3) is 3.20. The molecule has 0 saturated carbocycles. The number of carbonyl (C=O) groups excluding carboxylic acids is 1. The molecule has 2 aromatic carbocycles. The summed E-state index contributed by atoms with van der Waals surface area (Å²) in [6.07, 6.45) is 0. The second-order valence-corrected chi connectivity index (χ2v) is 8.97. The lowest BCUT2D eigenvalue weighted by Crippen LogP contribution is -2.17. The van der Waals surface area contributed by atoms with E-state index in [-0.39, 0.29) is 17.1 Å². The van der Waals surface area contributed by atoms with Gasteiger partial charge in [-0.05, 0) is 49.2 Å². The number of nitrogens with one attached hydrogen (secondary N) is 1. The first kappa shape index (κ1) is 18.4. The van der Waals surface area contributed by atoms with Crippen LogP contribution in [-0.2, 0) is 21.3 Å². The Morgan fingerprint density at radius 3 is 2.64 bits per heavy atom. The van der Waals surface area contributed by atoms with Crippen LogP contribution < -0.4 is 5.32 Å². The fourth-order valence-corrected chi connectivity index (χ4v) is 4.81. The molecule has 1 N–H and O–H groups in total. The van der Waals surface area contributed by atoms with E-state index in [0.717, 1.165) is 22.9 Å². The van der Waals surface area contributed by atoms with Crippen molar-refractivity contribution < 1.29 is 17.6 Å². The molecule has 6 nitrogen and oxygen atoms in total. The maximum Gasteiger partial charge on any atom is 0.256 e. The second kappa shape index (κ2) is 6.56. The van der Waals surface area contributed by atoms with Gasteiger partial charge in [-0.1, -0.05) is 18.2 Å². The first-order valence-corrected chi connectivity index (χ1v) is 10.5. The van der Waals surface area contributed by atoms with Gasteiger partial charge in [0.15, 0.2) is 9.84 Å². The fraction of sp³-hybridized carbons (Fsp3) is 0.200. The number of hydrogen-bond acceptors (Lipinski definition) is 4. The SMILES string of the molecule is Cc1cccc(-n2nc3c(c2NC(=O)c2cccc(F)c2)CS(=O)(=O)C3)c1C. The van der Waals surface area contributed by atoms with Gasteiger partial charge >= 0.3 is 0 Å². The number of anilines is 1. The van der Waals surface area contributed by atoms with E-state index in [1.165, 1.54) is 18.2 Å². The summed E-state index contributed by atoms with van der Waals surface area (Å²) >= 11 is 0. The largest absolute Gasteiger partial charge is 0.306 e. The molecule has 1 aliphatic rings. The Hall–Kier alpha value is -3.00. The van der Waals surface area contributed by atoms with Crippen LogP contribution in [0.2, 0.25) is 0 Å². The van der Waals surface area contributed by atoms with Crippen LogP contribution in [-0.4, -0.2) is 24.1 Å². The van der Waals surface area contributed by atoms with E-state index in [1.807, 2.05) is 32.0 Å². The molecule has 0 aliphatic carbocycles. The summed E-state index contributed by atoms with van der Waals surface area (Å²) in [5.74, 6) is -1.10. The molecule has 1 amide bonds. The van der Waals surface area contributed by atoms with Gasteiger partial charge < -0.3 is 5.32 Å². The van der Waals surface area contributed by atoms with Crippen LogP contribution in [0.3, 0.4) is 0 Å². The first-order valence-electron chi connectivity index (χ1n) is 8.70. The number of carbonyl (C=O) groups is 1. The van der Waals surface area contributed by atoms with Crippen molar-refractivity contribution in [3.63, 3.8) is 0 Å². The molecule has 144 valence electrons. The number of halogens is 1. The van der Waals surface area contributed by atoms with Crippen LogP contribution in [0.25, 0.3) is 5.69 Å². The number of aryl methyl sites for hydroxylation is 1. The van der Waals surface area contributed by atoms with Gasteiger partial charge in [0.05, 0.1) is 22.9 Å². The minimum Gasteiger partial charge on any atom is -0.306 e. The zero-order valence-corrected chi connectivity index (χ0v) is 16.2. The molecule has 28 heavy (non-hydrogen) atoms. The number of fused-ring (bicyclic) bond motifs is 1. The van der Waals surface area contributed by atoms with E-state index in [1.54, 1.807) is 4.68 Å². The van der Waals surface area contributed by atoms with Crippen LogP contribution in [0.4, 0.5) is 10.2 Å². The molecular formula is C20H18FN3O3S. The lowest BCUT2D eigenvalue weighted by molar-refractivity contribution is 0.102. The first-order chi connectivity index (χ1) is 13.2. The number of rotatable bonds is 3. The normalized spacial score (nSPS) is 14.7. The van der Waals surface area contributed by atoms with Crippen molar-refractivity contribution in [1.82, 2.24) is 9.78 Å². The maximum absolute atomic E-state index is 13.5. The number of aromatic nitrogens is 2. The van der Waals surface area contributed by atoms with Gasteiger partial charge in [-0.2, -0.15) is 5.10 Å². The molecule has 0 spiro atoms. The van der Waals surface area contributed by atoms with Crippen molar-refractivity contribution in [3.05, 3.63) is 76.2 Å². The van der Waals surface area contributed by atoms with Crippen molar-refractivity contribution in [2.45, 2.75) is 25.4 Å². The Kier molecular flexibility index (Phi) is 4.30. The van der Waals surface area contributed by atoms with E-state index in [9.17, 15) is 17.6 Å². The van der Waals surface area contributed by atoms with Crippen LogP contribution >= 0.6 is 0 Å². The standard InChI is InChI=1S/C20H18FN3O3S/c1-12-5-3-8-18(13(12)2)24-19(16-10-28(26,27)11-17(16)23-24)22-20(25)14-6-4-7-15(21)9-14/h3-9H,10-11H2,1-2H3,(H,22,25). The van der Waals surface area contributed by atoms with E-state index >= 15 is 0 Å². The highest BCUT2D eigenvalue weighted by Gasteiger charge is 2.33. The summed E-state index contributed by atoms with van der Waals surface area (Å²) in [6, 6.07) is 11.0. The molecule has 1 aliphatic heterocycles. The molecule has 0 bridgehead atoms. The predicted molar refractivity (Wildman–Crippen MR) is 104 cm³/mol. The van der Waals surface area contributed by atoms with Gasteiger partial charge in [-0.25, -0.2) is 17.5 Å². The molecule has 0 atom stereocenters. The number of hydrogen-bond donors (Lipinski definition) is 1. The molecule has 0 radical (unpaired) electrons. The Morgan fingerprint density at radius 2 is 1.89 bits per heavy atom. The molecule has 2 heterocycles. The third-order valence-corrected chi connectivity index (χ3v) is 6.35. The van der Waals surface area contributed by atoms with Gasteiger partial charge in [0.2, 0.25) is 0 Å². The summed E-state index contributed by atoms with van der Waals surface area (Å²) in [4.78, 5) is 12.7. The van der Waals surface area contributed by atoms with Gasteiger partial charge in [0, 0.05) is 11.1 Å². The molecular weight excluding hydrogens is 381 g/mol. The number of benzene rings is 2. The van der Waals surface area contributed by atoms with Crippen LogP contribution in [0, 0.1) is 19.7 Å². The quantitative estimate of drug-likeness (QED) is 0.733. The average molecular weight is 399 g/mol. The zero-order chi connectivity index (χ0) is 20.1. The highest BCUT2D eigenvalue weighted by Crippen LogP contribution is 2.34. The molecule has 3 aromatic rings. The van der Waals surface area contributed by atoms with Crippen LogP contribution in [0.1, 0.15) is 32.7 Å². The summed E-state index contributed by atoms with van der Waals surface area (Å²) in [7, 11) is -3.30. The predicted octanol–water partition coefficient (Wildman–Crippen LogP) is 3.31. The molecule has 0 saturated heterocycles. The second-order valence-electron chi connectivity index (χ2n) is 6.90. The van der Waals surface area contributed by atoms with Crippen molar-refractivity contribution >= 4 is 21.6 Å². The van der Waals surface area contributed by atoms with Crippen molar-refractivity contribution in [1.29, 1.82) is 0 Å². The van der Waals surface area contributed by atoms with E-state index in [2.05, 4.69) is 10.4 Å². The smallest absolute Gasteiger partial charge is 0.256 e. The Labute approximate surface area is 161 Å². The monoisotopic (exact) mass is 399 g/mol. The highest BCUT2D eigenvalue weighted by atomic mass is 32.2. The third-order valence-electron chi connectivity index (χ3n) is 4.91. The van der Waals surface area contributed by atoms with Crippen molar-refractivity contribution in [2.24, 2.45) is 0 Å². The number of sulfone groups is 1. The molecule has 4 rings (SSSR count). The summed E-state index contributed by atoms with van der Waals surface area (Å²) in [6.45, 7) is 3.90. The summed E-state index contributed by atoms with van der Waals surface area (Å²) in [5, 5.41) is 7.22.